The molecule has 4 heteroatoms. The fourth-order valence-corrected chi connectivity index (χ4v) is 3.25. The lowest BCUT2D eigenvalue weighted by atomic mass is 10.1. The second-order valence-electron chi connectivity index (χ2n) is 4.93. The zero-order valence-corrected chi connectivity index (χ0v) is 14.4. The van der Waals surface area contributed by atoms with Crippen molar-refractivity contribution in [3.63, 3.8) is 0 Å². The van der Waals surface area contributed by atoms with Gasteiger partial charge in [-0.15, -0.1) is 23.5 Å². The van der Waals surface area contributed by atoms with Gasteiger partial charge in [0.25, 0.3) is 0 Å². The smallest absolute Gasteiger partial charge is 0.230 e. The average molecular weight is 332 g/mol. The maximum absolute atomic E-state index is 11.8. The van der Waals surface area contributed by atoms with Crippen molar-refractivity contribution in [2.75, 3.05) is 18.6 Å². The number of thioether (sulfide) groups is 2. The molecule has 0 radical (unpaired) electrons. The minimum Gasteiger partial charge on any atom is -0.355 e. The van der Waals surface area contributed by atoms with Gasteiger partial charge in [0.1, 0.15) is 0 Å². The molecule has 0 atom stereocenters. The number of carbonyl (C=O) groups is 1. The molecule has 2 nitrogen and oxygen atoms in total. The highest BCUT2D eigenvalue weighted by molar-refractivity contribution is 7.99. The van der Waals surface area contributed by atoms with E-state index in [0.29, 0.717) is 12.3 Å². The van der Waals surface area contributed by atoms with E-state index in [9.17, 15) is 4.79 Å². The number of rotatable bonds is 8. The third-order valence-corrected chi connectivity index (χ3v) is 4.99. The molecule has 0 heterocycles. The van der Waals surface area contributed by atoms with E-state index in [0.717, 1.165) is 12.2 Å². The highest BCUT2D eigenvalue weighted by Gasteiger charge is 2.02. The number of amides is 1. The third-order valence-electron chi connectivity index (χ3n) is 3.24. The summed E-state index contributed by atoms with van der Waals surface area (Å²) in [6.07, 6.45) is 2.96. The summed E-state index contributed by atoms with van der Waals surface area (Å²) in [6.45, 7) is 0.700. The van der Waals surface area contributed by atoms with Gasteiger partial charge in [-0.3, -0.25) is 4.79 Å². The fraction of sp³-hybridized carbons (Fsp3) is 0.278. The first-order valence-corrected chi connectivity index (χ1v) is 9.67. The van der Waals surface area contributed by atoms with Crippen LogP contribution in [0.2, 0.25) is 0 Å². The Morgan fingerprint density at radius 1 is 1.00 bits per heavy atom. The van der Waals surface area contributed by atoms with Crippen LogP contribution in [0, 0.1) is 0 Å². The summed E-state index contributed by atoms with van der Waals surface area (Å²) >= 11 is 3.40. The van der Waals surface area contributed by atoms with Gasteiger partial charge in [0.15, 0.2) is 0 Å². The molecule has 2 rings (SSSR count). The number of nitrogens with one attached hydrogen (secondary N) is 1. The van der Waals surface area contributed by atoms with Crippen molar-refractivity contribution in [2.45, 2.75) is 17.1 Å². The lowest BCUT2D eigenvalue weighted by molar-refractivity contribution is -0.118. The molecule has 1 amide bonds. The van der Waals surface area contributed by atoms with Gasteiger partial charge in [-0.1, -0.05) is 42.5 Å². The Morgan fingerprint density at radius 2 is 1.73 bits per heavy atom. The molecule has 0 saturated heterocycles. The zero-order chi connectivity index (χ0) is 15.6. The summed E-state index contributed by atoms with van der Waals surface area (Å²) in [5, 5.41) is 2.97. The molecule has 0 aliphatic rings. The summed E-state index contributed by atoms with van der Waals surface area (Å²) in [6, 6.07) is 18.7. The molecular weight excluding hydrogens is 310 g/mol. The van der Waals surface area contributed by atoms with Crippen LogP contribution in [0.25, 0.3) is 0 Å². The van der Waals surface area contributed by atoms with Crippen LogP contribution < -0.4 is 5.32 Å². The van der Waals surface area contributed by atoms with Gasteiger partial charge in [0.05, 0.1) is 5.75 Å². The van der Waals surface area contributed by atoms with Crippen molar-refractivity contribution in [3.8, 4) is 0 Å². The molecule has 0 bridgehead atoms. The van der Waals surface area contributed by atoms with E-state index in [1.807, 2.05) is 18.2 Å². The lowest BCUT2D eigenvalue weighted by Crippen LogP contribution is -2.27. The van der Waals surface area contributed by atoms with Crippen molar-refractivity contribution in [3.05, 3.63) is 65.7 Å². The van der Waals surface area contributed by atoms with Gasteiger partial charge < -0.3 is 5.32 Å². The predicted molar refractivity (Wildman–Crippen MR) is 97.5 cm³/mol. The first kappa shape index (κ1) is 17.0. The Bertz CT molecular complexity index is 569. The Hall–Kier alpha value is -1.39. The zero-order valence-electron chi connectivity index (χ0n) is 12.7. The van der Waals surface area contributed by atoms with Crippen LogP contribution in [0.3, 0.4) is 0 Å². The molecule has 0 aliphatic carbocycles. The average Bonchev–Trinajstić information content (AvgIpc) is 2.56. The summed E-state index contributed by atoms with van der Waals surface area (Å²) in [5.41, 5.74) is 2.52. The van der Waals surface area contributed by atoms with E-state index in [2.05, 4.69) is 48.0 Å². The largest absolute Gasteiger partial charge is 0.355 e. The third kappa shape index (κ3) is 6.16. The van der Waals surface area contributed by atoms with Crippen LogP contribution in [0.1, 0.15) is 11.1 Å². The Balaban J connectivity index is 1.61. The number of benzene rings is 2. The monoisotopic (exact) mass is 331 g/mol. The van der Waals surface area contributed by atoms with Gasteiger partial charge in [0.2, 0.25) is 5.91 Å². The van der Waals surface area contributed by atoms with Crippen LogP contribution in [0.5, 0.6) is 0 Å². The van der Waals surface area contributed by atoms with E-state index in [4.69, 9.17) is 0 Å². The van der Waals surface area contributed by atoms with Gasteiger partial charge >= 0.3 is 0 Å². The lowest BCUT2D eigenvalue weighted by Gasteiger charge is -2.06. The minimum atomic E-state index is 0.113. The van der Waals surface area contributed by atoms with Crippen molar-refractivity contribution in [1.82, 2.24) is 5.32 Å². The summed E-state index contributed by atoms with van der Waals surface area (Å²) in [5.74, 6) is 1.50. The van der Waals surface area contributed by atoms with E-state index >= 15 is 0 Å². The first-order valence-electron chi connectivity index (χ1n) is 7.29. The van der Waals surface area contributed by atoms with E-state index < -0.39 is 0 Å². The van der Waals surface area contributed by atoms with Crippen molar-refractivity contribution < 1.29 is 4.79 Å². The highest BCUT2D eigenvalue weighted by Crippen LogP contribution is 2.18. The molecular formula is C18H21NOS2. The number of hydrogen-bond acceptors (Lipinski definition) is 3. The number of carbonyl (C=O) groups excluding carboxylic acids is 1. The molecule has 0 aliphatic heterocycles. The van der Waals surface area contributed by atoms with Crippen LogP contribution in [-0.4, -0.2) is 24.5 Å². The normalized spacial score (nSPS) is 10.4. The van der Waals surface area contributed by atoms with Crippen molar-refractivity contribution >= 4 is 29.4 Å². The van der Waals surface area contributed by atoms with Gasteiger partial charge in [-0.2, -0.15) is 0 Å². The molecule has 0 unspecified atom stereocenters. The summed E-state index contributed by atoms with van der Waals surface area (Å²) < 4.78 is 0. The molecule has 0 spiro atoms. The Kier molecular flexibility index (Phi) is 7.40. The van der Waals surface area contributed by atoms with E-state index in [-0.39, 0.29) is 5.91 Å². The quantitative estimate of drug-likeness (QED) is 0.741. The molecule has 22 heavy (non-hydrogen) atoms. The molecule has 0 aromatic heterocycles. The maximum Gasteiger partial charge on any atom is 0.230 e. The van der Waals surface area contributed by atoms with Crippen molar-refractivity contribution in [1.29, 1.82) is 0 Å². The van der Waals surface area contributed by atoms with Crippen molar-refractivity contribution in [2.24, 2.45) is 0 Å². The SMILES string of the molecule is CSc1ccc(CSCC(=O)NCCc2ccccc2)cc1. The molecule has 2 aromatic rings. The molecule has 0 saturated carbocycles. The molecule has 0 fully saturated rings. The topological polar surface area (TPSA) is 29.1 Å². The maximum atomic E-state index is 11.8. The standard InChI is InChI=1S/C18H21NOS2/c1-21-17-9-7-16(8-10-17)13-22-14-18(20)19-12-11-15-5-3-2-4-6-15/h2-10H,11-14H2,1H3,(H,19,20). The number of hydrogen-bond donors (Lipinski definition) is 1. The Morgan fingerprint density at radius 3 is 2.41 bits per heavy atom. The van der Waals surface area contributed by atoms with Gasteiger partial charge in [-0.05, 0) is 35.9 Å². The van der Waals surface area contributed by atoms with E-state index in [1.165, 1.54) is 16.0 Å². The first-order chi connectivity index (χ1) is 10.8. The predicted octanol–water partition coefficient (Wildman–Crippen LogP) is 4.00. The minimum absolute atomic E-state index is 0.113. The van der Waals surface area contributed by atoms with Gasteiger partial charge in [-0.25, -0.2) is 0 Å². The second-order valence-corrected chi connectivity index (χ2v) is 6.79. The van der Waals surface area contributed by atoms with Crippen LogP contribution in [-0.2, 0) is 17.0 Å². The van der Waals surface area contributed by atoms with Crippen LogP contribution >= 0.6 is 23.5 Å². The fourth-order valence-electron chi connectivity index (χ4n) is 2.03. The van der Waals surface area contributed by atoms with E-state index in [1.54, 1.807) is 23.5 Å². The molecule has 116 valence electrons. The van der Waals surface area contributed by atoms with Gasteiger partial charge in [0, 0.05) is 17.2 Å². The Labute approximate surface area is 141 Å². The summed E-state index contributed by atoms with van der Waals surface area (Å²) in [7, 11) is 0. The second kappa shape index (κ2) is 9.59. The molecule has 2 aromatic carbocycles. The van der Waals surface area contributed by atoms with Crippen LogP contribution in [0.4, 0.5) is 0 Å². The van der Waals surface area contributed by atoms with Crippen LogP contribution in [0.15, 0.2) is 59.5 Å². The highest BCUT2D eigenvalue weighted by atomic mass is 32.2. The summed E-state index contributed by atoms with van der Waals surface area (Å²) in [4.78, 5) is 13.1. The molecule has 1 N–H and O–H groups in total.